The molecule has 2 aliphatic rings. The van der Waals surface area contributed by atoms with Gasteiger partial charge in [-0.25, -0.2) is 0 Å². The van der Waals surface area contributed by atoms with Crippen molar-refractivity contribution in [3.05, 3.63) is 23.8 Å². The van der Waals surface area contributed by atoms with Crippen LogP contribution in [0.4, 0.5) is 0 Å². The first-order valence-electron chi connectivity index (χ1n) is 9.38. The van der Waals surface area contributed by atoms with Crippen molar-refractivity contribution >= 4 is 34.6 Å². The summed E-state index contributed by atoms with van der Waals surface area (Å²) in [5, 5.41) is 3.22. The maximum atomic E-state index is 13.0. The van der Waals surface area contributed by atoms with Crippen molar-refractivity contribution in [3.63, 3.8) is 0 Å². The first-order valence-corrected chi connectivity index (χ1v) is 10.1. The van der Waals surface area contributed by atoms with Gasteiger partial charge in [0.2, 0.25) is 5.91 Å². The van der Waals surface area contributed by atoms with E-state index in [9.17, 15) is 9.59 Å². The molecule has 26 heavy (non-hydrogen) atoms. The molecular weight excluding hydrogens is 348 g/mol. The van der Waals surface area contributed by atoms with Gasteiger partial charge in [-0.3, -0.25) is 9.59 Å². The van der Waals surface area contributed by atoms with Crippen LogP contribution in [0.5, 0.6) is 0 Å². The zero-order valence-corrected chi connectivity index (χ0v) is 15.8. The molecule has 1 atom stereocenters. The Morgan fingerprint density at radius 3 is 2.77 bits per heavy atom. The lowest BCUT2D eigenvalue weighted by Crippen LogP contribution is -2.53. The standard InChI is InChI=1S/C19H24N4O2S/c1-19(18(25)20-14-5-2-3-6-14)9-4-10-23(12-19)17(24)13-7-8-15-16(11-13)22-26-21-15/h7-8,11,14H,2-6,9-10,12H2,1H3,(H,20,25)/t19-/m0/s1. The number of benzene rings is 1. The number of carbonyl (C=O) groups is 2. The number of rotatable bonds is 3. The second kappa shape index (κ2) is 6.95. The molecule has 0 spiro atoms. The lowest BCUT2D eigenvalue weighted by Gasteiger charge is -2.40. The van der Waals surface area contributed by atoms with E-state index >= 15 is 0 Å². The van der Waals surface area contributed by atoms with Crippen LogP contribution in [-0.4, -0.2) is 44.6 Å². The van der Waals surface area contributed by atoms with Crippen LogP contribution in [0.1, 0.15) is 55.8 Å². The van der Waals surface area contributed by atoms with E-state index in [1.807, 2.05) is 17.9 Å². The van der Waals surface area contributed by atoms with Crippen LogP contribution in [0.3, 0.4) is 0 Å². The molecule has 1 saturated carbocycles. The van der Waals surface area contributed by atoms with E-state index in [2.05, 4.69) is 14.1 Å². The fraction of sp³-hybridized carbons (Fsp3) is 0.579. The van der Waals surface area contributed by atoms with Crippen LogP contribution in [0.25, 0.3) is 11.0 Å². The minimum Gasteiger partial charge on any atom is -0.353 e. The Hall–Kier alpha value is -2.02. The summed E-state index contributed by atoms with van der Waals surface area (Å²) in [6.45, 7) is 3.15. The minimum absolute atomic E-state index is 0.0282. The molecule has 138 valence electrons. The average Bonchev–Trinajstić information content (AvgIpc) is 3.31. The molecule has 7 heteroatoms. The highest BCUT2D eigenvalue weighted by atomic mass is 32.1. The predicted octanol–water partition coefficient (Wildman–Crippen LogP) is 2.99. The van der Waals surface area contributed by atoms with Gasteiger partial charge >= 0.3 is 0 Å². The average molecular weight is 372 g/mol. The number of nitrogens with one attached hydrogen (secondary N) is 1. The second-order valence-corrected chi connectivity index (χ2v) is 8.34. The van der Waals surface area contributed by atoms with E-state index < -0.39 is 5.41 Å². The lowest BCUT2D eigenvalue weighted by atomic mass is 9.80. The molecule has 0 unspecified atom stereocenters. The Kier molecular flexibility index (Phi) is 4.65. The minimum atomic E-state index is -0.511. The van der Waals surface area contributed by atoms with E-state index in [0.717, 1.165) is 48.4 Å². The summed E-state index contributed by atoms with van der Waals surface area (Å²) >= 11 is 1.15. The molecule has 1 N–H and O–H groups in total. The van der Waals surface area contributed by atoms with Gasteiger partial charge < -0.3 is 10.2 Å². The fourth-order valence-electron chi connectivity index (χ4n) is 4.13. The fourth-order valence-corrected chi connectivity index (χ4v) is 4.64. The number of likely N-dealkylation sites (tertiary alicyclic amines) is 1. The van der Waals surface area contributed by atoms with Crippen molar-refractivity contribution in [1.82, 2.24) is 19.0 Å². The molecule has 0 bridgehead atoms. The molecule has 1 aliphatic heterocycles. The molecule has 1 aromatic carbocycles. The molecule has 2 heterocycles. The van der Waals surface area contributed by atoms with Gasteiger partial charge in [0.05, 0.1) is 17.1 Å². The van der Waals surface area contributed by atoms with Crippen molar-refractivity contribution < 1.29 is 9.59 Å². The zero-order chi connectivity index (χ0) is 18.1. The quantitative estimate of drug-likeness (QED) is 0.899. The third-order valence-electron chi connectivity index (χ3n) is 5.72. The number of hydrogen-bond acceptors (Lipinski definition) is 5. The lowest BCUT2D eigenvalue weighted by molar-refractivity contribution is -0.133. The van der Waals surface area contributed by atoms with E-state index in [1.54, 1.807) is 12.1 Å². The molecular formula is C19H24N4O2S. The summed E-state index contributed by atoms with van der Waals surface area (Å²) in [5.74, 6) is 0.0699. The van der Waals surface area contributed by atoms with Gasteiger partial charge in [0.1, 0.15) is 11.0 Å². The van der Waals surface area contributed by atoms with Crippen LogP contribution in [0.15, 0.2) is 18.2 Å². The highest BCUT2D eigenvalue weighted by Gasteiger charge is 2.40. The molecule has 2 amide bonds. The molecule has 2 aromatic rings. The number of aromatic nitrogens is 2. The predicted molar refractivity (Wildman–Crippen MR) is 101 cm³/mol. The summed E-state index contributed by atoms with van der Waals surface area (Å²) in [4.78, 5) is 27.6. The van der Waals surface area contributed by atoms with Crippen molar-refractivity contribution in [3.8, 4) is 0 Å². The number of amides is 2. The largest absolute Gasteiger partial charge is 0.353 e. The number of nitrogens with zero attached hydrogens (tertiary/aromatic N) is 3. The van der Waals surface area contributed by atoms with Gasteiger partial charge in [-0.05, 0) is 50.8 Å². The Balaban J connectivity index is 1.48. The second-order valence-electron chi connectivity index (χ2n) is 7.81. The summed E-state index contributed by atoms with van der Waals surface area (Å²) in [5.41, 5.74) is 1.67. The van der Waals surface area contributed by atoms with Crippen molar-refractivity contribution in [2.45, 2.75) is 51.5 Å². The normalized spacial score (nSPS) is 24.1. The third-order valence-corrected chi connectivity index (χ3v) is 6.28. The van der Waals surface area contributed by atoms with Crippen molar-refractivity contribution in [2.24, 2.45) is 5.41 Å². The van der Waals surface area contributed by atoms with Gasteiger partial charge in [-0.2, -0.15) is 8.75 Å². The maximum absolute atomic E-state index is 13.0. The van der Waals surface area contributed by atoms with Gasteiger partial charge in [0, 0.05) is 24.7 Å². The van der Waals surface area contributed by atoms with E-state index in [-0.39, 0.29) is 11.8 Å². The number of fused-ring (bicyclic) bond motifs is 1. The summed E-state index contributed by atoms with van der Waals surface area (Å²) in [7, 11) is 0. The maximum Gasteiger partial charge on any atom is 0.253 e. The number of carbonyl (C=O) groups excluding carboxylic acids is 2. The smallest absolute Gasteiger partial charge is 0.253 e. The SMILES string of the molecule is C[C@]1(C(=O)NC2CCCC2)CCCN(C(=O)c2ccc3nsnc3c2)C1. The van der Waals surface area contributed by atoms with Crippen molar-refractivity contribution in [1.29, 1.82) is 0 Å². The van der Waals surface area contributed by atoms with Crippen LogP contribution in [0, 0.1) is 5.41 Å². The number of hydrogen-bond donors (Lipinski definition) is 1. The summed E-state index contributed by atoms with van der Waals surface area (Å²) < 4.78 is 8.40. The first kappa shape index (κ1) is 17.4. The van der Waals surface area contributed by atoms with Crippen LogP contribution in [-0.2, 0) is 4.79 Å². The first-order chi connectivity index (χ1) is 12.5. The van der Waals surface area contributed by atoms with Crippen LogP contribution < -0.4 is 5.32 Å². The molecule has 1 aliphatic carbocycles. The molecule has 1 aromatic heterocycles. The Bertz CT molecular complexity index is 830. The van der Waals surface area contributed by atoms with Gasteiger partial charge in [0.25, 0.3) is 5.91 Å². The van der Waals surface area contributed by atoms with Crippen LogP contribution >= 0.6 is 11.7 Å². The topological polar surface area (TPSA) is 75.2 Å². The van der Waals surface area contributed by atoms with Crippen molar-refractivity contribution in [2.75, 3.05) is 13.1 Å². The summed E-state index contributed by atoms with van der Waals surface area (Å²) in [6, 6.07) is 5.75. The molecule has 2 fully saturated rings. The molecule has 6 nitrogen and oxygen atoms in total. The van der Waals surface area contributed by atoms with E-state index in [4.69, 9.17) is 0 Å². The molecule has 4 rings (SSSR count). The number of piperidine rings is 1. The van der Waals surface area contributed by atoms with E-state index in [1.165, 1.54) is 12.8 Å². The zero-order valence-electron chi connectivity index (χ0n) is 15.0. The Labute approximate surface area is 157 Å². The van der Waals surface area contributed by atoms with Gasteiger partial charge in [-0.15, -0.1) is 0 Å². The monoisotopic (exact) mass is 372 g/mol. The molecule has 0 radical (unpaired) electrons. The van der Waals surface area contributed by atoms with E-state index in [0.29, 0.717) is 24.7 Å². The summed E-state index contributed by atoms with van der Waals surface area (Å²) in [6.07, 6.45) is 6.21. The van der Waals surface area contributed by atoms with Gasteiger partial charge in [0.15, 0.2) is 0 Å². The Morgan fingerprint density at radius 2 is 1.96 bits per heavy atom. The van der Waals surface area contributed by atoms with Crippen LogP contribution in [0.2, 0.25) is 0 Å². The highest BCUT2D eigenvalue weighted by Crippen LogP contribution is 2.32. The highest BCUT2D eigenvalue weighted by molar-refractivity contribution is 7.00. The van der Waals surface area contributed by atoms with Gasteiger partial charge in [-0.1, -0.05) is 12.8 Å². The molecule has 1 saturated heterocycles. The third kappa shape index (κ3) is 3.32. The Morgan fingerprint density at radius 1 is 1.19 bits per heavy atom.